The minimum Gasteiger partial charge on any atom is -0.480 e. The Bertz CT molecular complexity index is 207. The Morgan fingerprint density at radius 3 is 2.36 bits per heavy atom. The quantitative estimate of drug-likeness (QED) is 0.755. The number of likely N-dealkylation sites (N-methyl/N-ethyl adjacent to an activating group) is 1. The summed E-state index contributed by atoms with van der Waals surface area (Å²) < 4.78 is 0. The standard InChI is InChI=1S/C11H21NO2/c1-4-12(3)11(10(13)14)7-5-9(2)6-8-11/h9H,4-8H2,1-3H3,(H,13,14). The maximum atomic E-state index is 11.3. The van der Waals surface area contributed by atoms with Gasteiger partial charge in [-0.1, -0.05) is 13.8 Å². The van der Waals surface area contributed by atoms with Gasteiger partial charge in [0.25, 0.3) is 0 Å². The molecule has 0 aromatic carbocycles. The van der Waals surface area contributed by atoms with Crippen molar-refractivity contribution in [3.05, 3.63) is 0 Å². The minimum absolute atomic E-state index is 0.582. The highest BCUT2D eigenvalue weighted by Gasteiger charge is 2.43. The van der Waals surface area contributed by atoms with E-state index in [9.17, 15) is 9.90 Å². The molecule has 0 bridgehead atoms. The summed E-state index contributed by atoms with van der Waals surface area (Å²) in [6.07, 6.45) is 3.68. The molecule has 82 valence electrons. The van der Waals surface area contributed by atoms with E-state index in [1.165, 1.54) is 0 Å². The fraction of sp³-hybridized carbons (Fsp3) is 0.909. The number of carboxylic acids is 1. The van der Waals surface area contributed by atoms with Crippen LogP contribution in [0.1, 0.15) is 39.5 Å². The Labute approximate surface area is 86.1 Å². The molecule has 0 radical (unpaired) electrons. The molecule has 0 aliphatic heterocycles. The van der Waals surface area contributed by atoms with Gasteiger partial charge in [-0.25, -0.2) is 0 Å². The van der Waals surface area contributed by atoms with Gasteiger partial charge >= 0.3 is 5.97 Å². The molecule has 14 heavy (non-hydrogen) atoms. The predicted molar refractivity (Wildman–Crippen MR) is 56.3 cm³/mol. The molecule has 0 aromatic rings. The molecule has 0 heterocycles. The molecule has 1 saturated carbocycles. The van der Waals surface area contributed by atoms with Gasteiger partial charge < -0.3 is 5.11 Å². The van der Waals surface area contributed by atoms with Crippen LogP contribution in [0.3, 0.4) is 0 Å². The SMILES string of the molecule is CCN(C)C1(C(=O)O)CCC(C)CC1. The van der Waals surface area contributed by atoms with Crippen molar-refractivity contribution in [2.24, 2.45) is 5.92 Å². The molecule has 1 fully saturated rings. The minimum atomic E-state index is -0.645. The van der Waals surface area contributed by atoms with Gasteiger partial charge in [0.1, 0.15) is 5.54 Å². The fourth-order valence-electron chi connectivity index (χ4n) is 2.30. The molecule has 1 aliphatic carbocycles. The number of carboxylic acid groups (broad SMARTS) is 1. The maximum Gasteiger partial charge on any atom is 0.324 e. The summed E-state index contributed by atoms with van der Waals surface area (Å²) >= 11 is 0. The number of hydrogen-bond donors (Lipinski definition) is 1. The van der Waals surface area contributed by atoms with Gasteiger partial charge in [0.2, 0.25) is 0 Å². The summed E-state index contributed by atoms with van der Waals surface area (Å²) in [5.74, 6) is 0.0430. The van der Waals surface area contributed by atoms with Crippen molar-refractivity contribution in [2.75, 3.05) is 13.6 Å². The lowest BCUT2D eigenvalue weighted by Gasteiger charge is -2.42. The molecular weight excluding hydrogens is 178 g/mol. The first-order chi connectivity index (χ1) is 6.53. The molecule has 0 unspecified atom stereocenters. The number of hydrogen-bond acceptors (Lipinski definition) is 2. The van der Waals surface area contributed by atoms with Gasteiger partial charge in [0.05, 0.1) is 0 Å². The van der Waals surface area contributed by atoms with Crippen LogP contribution in [-0.4, -0.2) is 35.1 Å². The van der Waals surface area contributed by atoms with Gasteiger partial charge in [-0.2, -0.15) is 0 Å². The highest BCUT2D eigenvalue weighted by atomic mass is 16.4. The second-order valence-electron chi connectivity index (χ2n) is 4.53. The van der Waals surface area contributed by atoms with Crippen LogP contribution in [-0.2, 0) is 4.79 Å². The molecule has 1 aliphatic rings. The molecule has 3 heteroatoms. The van der Waals surface area contributed by atoms with Gasteiger partial charge in [0.15, 0.2) is 0 Å². The third-order valence-electron chi connectivity index (χ3n) is 3.70. The van der Waals surface area contributed by atoms with Crippen LogP contribution in [0.4, 0.5) is 0 Å². The van der Waals surface area contributed by atoms with E-state index in [1.54, 1.807) is 0 Å². The van der Waals surface area contributed by atoms with Crippen LogP contribution in [0.5, 0.6) is 0 Å². The summed E-state index contributed by atoms with van der Waals surface area (Å²) in [6, 6.07) is 0. The predicted octanol–water partition coefficient (Wildman–Crippen LogP) is 1.97. The third kappa shape index (κ3) is 1.92. The maximum absolute atomic E-state index is 11.3. The largest absolute Gasteiger partial charge is 0.480 e. The zero-order valence-corrected chi connectivity index (χ0v) is 9.42. The van der Waals surface area contributed by atoms with E-state index < -0.39 is 11.5 Å². The topological polar surface area (TPSA) is 40.5 Å². The Hall–Kier alpha value is -0.570. The third-order valence-corrected chi connectivity index (χ3v) is 3.70. The number of aliphatic carboxylic acids is 1. The van der Waals surface area contributed by atoms with Gasteiger partial charge in [-0.15, -0.1) is 0 Å². The van der Waals surface area contributed by atoms with E-state index in [0.29, 0.717) is 5.92 Å². The van der Waals surface area contributed by atoms with E-state index in [-0.39, 0.29) is 0 Å². The molecule has 1 N–H and O–H groups in total. The van der Waals surface area contributed by atoms with Gasteiger partial charge in [-0.05, 0) is 45.2 Å². The molecule has 0 atom stereocenters. The summed E-state index contributed by atoms with van der Waals surface area (Å²) in [6.45, 7) is 5.03. The Morgan fingerprint density at radius 2 is 2.00 bits per heavy atom. The average molecular weight is 199 g/mol. The lowest BCUT2D eigenvalue weighted by Crippen LogP contribution is -2.54. The van der Waals surface area contributed by atoms with Crippen LogP contribution in [0.15, 0.2) is 0 Å². The van der Waals surface area contributed by atoms with E-state index in [4.69, 9.17) is 0 Å². The second kappa shape index (κ2) is 4.30. The summed E-state index contributed by atoms with van der Waals surface area (Å²) in [4.78, 5) is 13.3. The first-order valence-corrected chi connectivity index (χ1v) is 5.47. The van der Waals surface area contributed by atoms with Gasteiger partial charge in [-0.3, -0.25) is 9.69 Å². The van der Waals surface area contributed by atoms with E-state index in [1.807, 2.05) is 18.9 Å². The van der Waals surface area contributed by atoms with Crippen LogP contribution < -0.4 is 0 Å². The summed E-state index contributed by atoms with van der Waals surface area (Å²) in [7, 11) is 1.92. The Kier molecular flexibility index (Phi) is 3.53. The van der Waals surface area contributed by atoms with Crippen molar-refractivity contribution in [3.63, 3.8) is 0 Å². The lowest BCUT2D eigenvalue weighted by molar-refractivity contribution is -0.153. The van der Waals surface area contributed by atoms with Crippen molar-refractivity contribution in [2.45, 2.75) is 45.1 Å². The highest BCUT2D eigenvalue weighted by Crippen LogP contribution is 2.35. The van der Waals surface area contributed by atoms with Crippen molar-refractivity contribution in [1.29, 1.82) is 0 Å². The zero-order valence-electron chi connectivity index (χ0n) is 9.42. The van der Waals surface area contributed by atoms with Crippen LogP contribution in [0, 0.1) is 5.92 Å². The van der Waals surface area contributed by atoms with E-state index in [2.05, 4.69) is 6.92 Å². The fourth-order valence-corrected chi connectivity index (χ4v) is 2.30. The molecular formula is C11H21NO2. The Morgan fingerprint density at radius 1 is 1.50 bits per heavy atom. The lowest BCUT2D eigenvalue weighted by atomic mass is 9.76. The number of nitrogens with zero attached hydrogens (tertiary/aromatic N) is 1. The molecule has 0 saturated heterocycles. The number of rotatable bonds is 3. The van der Waals surface area contributed by atoms with Crippen molar-refractivity contribution < 1.29 is 9.90 Å². The highest BCUT2D eigenvalue weighted by molar-refractivity contribution is 5.78. The van der Waals surface area contributed by atoms with Crippen molar-refractivity contribution in [3.8, 4) is 0 Å². The summed E-state index contributed by atoms with van der Waals surface area (Å²) in [5, 5.41) is 9.33. The number of carbonyl (C=O) groups is 1. The van der Waals surface area contributed by atoms with E-state index >= 15 is 0 Å². The van der Waals surface area contributed by atoms with Crippen molar-refractivity contribution in [1.82, 2.24) is 4.90 Å². The molecule has 0 amide bonds. The van der Waals surface area contributed by atoms with Crippen LogP contribution in [0.25, 0.3) is 0 Å². The summed E-state index contributed by atoms with van der Waals surface area (Å²) in [5.41, 5.74) is -0.582. The van der Waals surface area contributed by atoms with Gasteiger partial charge in [0, 0.05) is 0 Å². The molecule has 1 rings (SSSR count). The van der Waals surface area contributed by atoms with Crippen LogP contribution in [0.2, 0.25) is 0 Å². The molecule has 3 nitrogen and oxygen atoms in total. The smallest absolute Gasteiger partial charge is 0.324 e. The van der Waals surface area contributed by atoms with Crippen LogP contribution >= 0.6 is 0 Å². The molecule has 0 aromatic heterocycles. The monoisotopic (exact) mass is 199 g/mol. The van der Waals surface area contributed by atoms with Crippen molar-refractivity contribution >= 4 is 5.97 Å². The zero-order chi connectivity index (χ0) is 10.8. The average Bonchev–Trinajstić information content (AvgIpc) is 2.18. The first-order valence-electron chi connectivity index (χ1n) is 5.47. The van der Waals surface area contributed by atoms with E-state index in [0.717, 1.165) is 32.2 Å². The first kappa shape index (κ1) is 11.5. The molecule has 0 spiro atoms. The normalized spacial score (nSPS) is 33.3. The second-order valence-corrected chi connectivity index (χ2v) is 4.53. The Balaban J connectivity index is 2.78.